The summed E-state index contributed by atoms with van der Waals surface area (Å²) >= 11 is 0. The van der Waals surface area contributed by atoms with Crippen molar-refractivity contribution in [1.82, 2.24) is 0 Å². The van der Waals surface area contributed by atoms with E-state index in [0.29, 0.717) is 6.61 Å². The molecule has 126 valence electrons. The highest BCUT2D eigenvalue weighted by atomic mass is 16.2. The summed E-state index contributed by atoms with van der Waals surface area (Å²) in [6, 6.07) is 4.53. The molecule has 0 bridgehead atoms. The first-order valence-corrected chi connectivity index (χ1v) is 9.45. The summed E-state index contributed by atoms with van der Waals surface area (Å²) in [4.78, 5) is 0. The predicted molar refractivity (Wildman–Crippen MR) is 93.9 cm³/mol. The van der Waals surface area contributed by atoms with Crippen LogP contribution in [0.2, 0.25) is 0 Å². The van der Waals surface area contributed by atoms with E-state index in [1.807, 2.05) is 0 Å². The first-order chi connectivity index (χ1) is 10.9. The second-order valence-corrected chi connectivity index (χ2v) is 6.45. The van der Waals surface area contributed by atoms with Crippen LogP contribution in [0.3, 0.4) is 0 Å². The van der Waals surface area contributed by atoms with E-state index in [4.69, 9.17) is 5.11 Å². The van der Waals surface area contributed by atoms with Gasteiger partial charge in [0.25, 0.3) is 0 Å². The second kappa shape index (κ2) is 13.8. The minimum atomic E-state index is 0.360. The predicted octanol–water partition coefficient (Wildman–Crippen LogP) is 4.82. The Morgan fingerprint density at radius 1 is 0.773 bits per heavy atom. The fourth-order valence-corrected chi connectivity index (χ4v) is 2.91. The lowest BCUT2D eigenvalue weighted by Gasteiger charge is -2.02. The highest BCUT2D eigenvalue weighted by Crippen LogP contribution is 2.10. The number of aromatic nitrogens is 1. The van der Waals surface area contributed by atoms with Gasteiger partial charge in [0.15, 0.2) is 12.4 Å². The third-order valence-corrected chi connectivity index (χ3v) is 4.32. The molecule has 0 aromatic carbocycles. The van der Waals surface area contributed by atoms with Crippen LogP contribution in [0.4, 0.5) is 0 Å². The Morgan fingerprint density at radius 3 is 1.77 bits per heavy atom. The Morgan fingerprint density at radius 2 is 1.27 bits per heavy atom. The molecule has 0 saturated carbocycles. The van der Waals surface area contributed by atoms with Gasteiger partial charge in [0.1, 0.15) is 6.54 Å². The first-order valence-electron chi connectivity index (χ1n) is 9.45. The van der Waals surface area contributed by atoms with Gasteiger partial charge in [-0.15, -0.1) is 0 Å². The third-order valence-electron chi connectivity index (χ3n) is 4.32. The Balaban J connectivity index is 1.90. The summed E-state index contributed by atoms with van der Waals surface area (Å²) in [5.41, 5.74) is 1.46. The van der Waals surface area contributed by atoms with E-state index >= 15 is 0 Å². The number of aliphatic hydroxyl groups excluding tert-OH is 1. The zero-order valence-electron chi connectivity index (χ0n) is 14.6. The number of aryl methyl sites for hydroxylation is 2. The molecular weight excluding hydrogens is 270 g/mol. The van der Waals surface area contributed by atoms with Crippen LogP contribution in [0.1, 0.15) is 83.1 Å². The highest BCUT2D eigenvalue weighted by molar-refractivity contribution is 5.06. The van der Waals surface area contributed by atoms with Crippen LogP contribution in [-0.4, -0.2) is 11.7 Å². The molecule has 0 atom stereocenters. The van der Waals surface area contributed by atoms with Crippen molar-refractivity contribution in [2.45, 2.75) is 90.5 Å². The van der Waals surface area contributed by atoms with Crippen LogP contribution < -0.4 is 4.57 Å². The molecular formula is C20H36NO+. The van der Waals surface area contributed by atoms with Crippen molar-refractivity contribution < 1.29 is 9.67 Å². The summed E-state index contributed by atoms with van der Waals surface area (Å²) in [5.74, 6) is 0. The highest BCUT2D eigenvalue weighted by Gasteiger charge is 2.00. The van der Waals surface area contributed by atoms with Gasteiger partial charge < -0.3 is 5.11 Å². The number of aliphatic hydroxyl groups is 1. The molecule has 0 unspecified atom stereocenters. The minimum Gasteiger partial charge on any atom is -0.396 e. The van der Waals surface area contributed by atoms with E-state index in [1.165, 1.54) is 76.2 Å². The molecule has 22 heavy (non-hydrogen) atoms. The Kier molecular flexibility index (Phi) is 12.0. The van der Waals surface area contributed by atoms with E-state index in [2.05, 4.69) is 36.0 Å². The molecule has 2 heteroatoms. The average Bonchev–Trinajstić information content (AvgIpc) is 2.54. The van der Waals surface area contributed by atoms with E-state index in [-0.39, 0.29) is 0 Å². The van der Waals surface area contributed by atoms with Gasteiger partial charge in [-0.25, -0.2) is 4.57 Å². The van der Waals surface area contributed by atoms with Crippen LogP contribution in [0.25, 0.3) is 0 Å². The molecule has 0 saturated heterocycles. The monoisotopic (exact) mass is 306 g/mol. The van der Waals surface area contributed by atoms with Crippen LogP contribution in [0.5, 0.6) is 0 Å². The summed E-state index contributed by atoms with van der Waals surface area (Å²) in [6.45, 7) is 3.75. The Bertz CT molecular complexity index is 347. The van der Waals surface area contributed by atoms with Crippen molar-refractivity contribution in [3.05, 3.63) is 30.1 Å². The van der Waals surface area contributed by atoms with Gasteiger partial charge in [0, 0.05) is 25.2 Å². The van der Waals surface area contributed by atoms with E-state index in [1.54, 1.807) is 0 Å². The molecule has 1 rings (SSSR count). The van der Waals surface area contributed by atoms with E-state index in [9.17, 15) is 0 Å². The lowest BCUT2D eigenvalue weighted by Crippen LogP contribution is -2.32. The maximum absolute atomic E-state index is 8.71. The standard InChI is InChI=1S/C20H36NO/c1-2-13-20-14-17-21(18-15-20)16-11-9-7-5-3-4-6-8-10-12-19-22/h14-15,17-18,22H,2-13,16,19H2,1H3/q+1. The van der Waals surface area contributed by atoms with Gasteiger partial charge >= 0.3 is 0 Å². The number of hydrogen-bond donors (Lipinski definition) is 1. The zero-order chi connectivity index (χ0) is 15.9. The molecule has 0 aliphatic heterocycles. The molecule has 1 aromatic rings. The maximum Gasteiger partial charge on any atom is 0.169 e. The number of pyridine rings is 1. The lowest BCUT2D eigenvalue weighted by molar-refractivity contribution is -0.697. The van der Waals surface area contributed by atoms with Crippen molar-refractivity contribution in [1.29, 1.82) is 0 Å². The molecule has 0 radical (unpaired) electrons. The van der Waals surface area contributed by atoms with Crippen molar-refractivity contribution in [3.63, 3.8) is 0 Å². The van der Waals surface area contributed by atoms with E-state index in [0.717, 1.165) is 13.0 Å². The minimum absolute atomic E-state index is 0.360. The number of nitrogens with zero attached hydrogens (tertiary/aromatic N) is 1. The van der Waals surface area contributed by atoms with Crippen LogP contribution in [0.15, 0.2) is 24.5 Å². The van der Waals surface area contributed by atoms with Crippen LogP contribution in [-0.2, 0) is 13.0 Å². The van der Waals surface area contributed by atoms with Crippen LogP contribution >= 0.6 is 0 Å². The average molecular weight is 307 g/mol. The van der Waals surface area contributed by atoms with Gasteiger partial charge in [0.2, 0.25) is 0 Å². The number of hydrogen-bond acceptors (Lipinski definition) is 1. The number of unbranched alkanes of at least 4 members (excludes halogenated alkanes) is 9. The van der Waals surface area contributed by atoms with Crippen molar-refractivity contribution in [2.24, 2.45) is 0 Å². The summed E-state index contributed by atoms with van der Waals surface area (Å²) in [5, 5.41) is 8.71. The molecule has 1 aromatic heterocycles. The molecule has 1 heterocycles. The topological polar surface area (TPSA) is 24.1 Å². The van der Waals surface area contributed by atoms with Crippen molar-refractivity contribution in [3.8, 4) is 0 Å². The molecule has 2 nitrogen and oxygen atoms in total. The smallest absolute Gasteiger partial charge is 0.169 e. The Hall–Kier alpha value is -0.890. The molecule has 0 amide bonds. The Labute approximate surface area is 137 Å². The van der Waals surface area contributed by atoms with Crippen molar-refractivity contribution in [2.75, 3.05) is 6.61 Å². The lowest BCUT2D eigenvalue weighted by atomic mass is 10.1. The zero-order valence-corrected chi connectivity index (χ0v) is 14.6. The molecule has 0 fully saturated rings. The molecule has 0 spiro atoms. The number of rotatable bonds is 14. The normalized spacial score (nSPS) is 11.0. The first kappa shape index (κ1) is 19.2. The summed E-state index contributed by atoms with van der Waals surface area (Å²) in [7, 11) is 0. The van der Waals surface area contributed by atoms with Gasteiger partial charge in [0.05, 0.1) is 0 Å². The third kappa shape index (κ3) is 9.94. The van der Waals surface area contributed by atoms with Crippen LogP contribution in [0, 0.1) is 0 Å². The van der Waals surface area contributed by atoms with E-state index < -0.39 is 0 Å². The maximum atomic E-state index is 8.71. The second-order valence-electron chi connectivity index (χ2n) is 6.45. The van der Waals surface area contributed by atoms with Gasteiger partial charge in [-0.05, 0) is 24.8 Å². The largest absolute Gasteiger partial charge is 0.396 e. The van der Waals surface area contributed by atoms with Gasteiger partial charge in [-0.3, -0.25) is 0 Å². The summed E-state index contributed by atoms with van der Waals surface area (Å²) in [6.07, 6.45) is 19.9. The quantitative estimate of drug-likeness (QED) is 0.387. The SMILES string of the molecule is CCCc1cc[n+](CCCCCCCCCCCCO)cc1. The molecule has 0 aliphatic carbocycles. The summed E-state index contributed by atoms with van der Waals surface area (Å²) < 4.78 is 2.32. The van der Waals surface area contributed by atoms with Gasteiger partial charge in [-0.1, -0.05) is 58.3 Å². The fraction of sp³-hybridized carbons (Fsp3) is 0.750. The van der Waals surface area contributed by atoms with Crippen molar-refractivity contribution >= 4 is 0 Å². The molecule has 1 N–H and O–H groups in total. The van der Waals surface area contributed by atoms with Gasteiger partial charge in [-0.2, -0.15) is 0 Å². The molecule has 0 aliphatic rings. The fourth-order valence-electron chi connectivity index (χ4n) is 2.91.